The number of benzene rings is 1. The van der Waals surface area contributed by atoms with Crippen molar-refractivity contribution in [2.24, 2.45) is 5.92 Å². The molecular formula is C15H18O5. The summed E-state index contributed by atoms with van der Waals surface area (Å²) >= 11 is 0. The normalized spacial score (nSPS) is 20.8. The van der Waals surface area contributed by atoms with Crippen LogP contribution in [0.25, 0.3) is 0 Å². The van der Waals surface area contributed by atoms with Crippen LogP contribution < -0.4 is 4.74 Å². The molecular weight excluding hydrogens is 260 g/mol. The van der Waals surface area contributed by atoms with Crippen LogP contribution in [-0.2, 0) is 25.5 Å². The van der Waals surface area contributed by atoms with Crippen LogP contribution >= 0.6 is 0 Å². The molecule has 1 aliphatic carbocycles. The third kappa shape index (κ3) is 2.48. The molecule has 20 heavy (non-hydrogen) atoms. The van der Waals surface area contributed by atoms with Crippen LogP contribution in [0.5, 0.6) is 5.75 Å². The Morgan fingerprint density at radius 2 is 1.80 bits per heavy atom. The van der Waals surface area contributed by atoms with Gasteiger partial charge in [-0.15, -0.1) is 0 Å². The third-order valence-electron chi connectivity index (χ3n) is 3.77. The highest BCUT2D eigenvalue weighted by molar-refractivity contribution is 5.87. The van der Waals surface area contributed by atoms with Gasteiger partial charge in [-0.05, 0) is 36.1 Å². The second-order valence-corrected chi connectivity index (χ2v) is 4.73. The zero-order valence-corrected chi connectivity index (χ0v) is 11.8. The van der Waals surface area contributed by atoms with E-state index in [0.717, 1.165) is 16.9 Å². The zero-order chi connectivity index (χ0) is 14.7. The molecule has 0 radical (unpaired) electrons. The molecule has 108 valence electrons. The van der Waals surface area contributed by atoms with Crippen molar-refractivity contribution < 1.29 is 23.8 Å². The first kappa shape index (κ1) is 14.4. The van der Waals surface area contributed by atoms with Gasteiger partial charge in [-0.1, -0.05) is 6.07 Å². The Labute approximate surface area is 117 Å². The van der Waals surface area contributed by atoms with Gasteiger partial charge in [0.15, 0.2) is 0 Å². The number of fused-ring (bicyclic) bond motifs is 1. The average molecular weight is 278 g/mol. The quantitative estimate of drug-likeness (QED) is 0.787. The first-order chi connectivity index (χ1) is 9.62. The van der Waals surface area contributed by atoms with E-state index in [0.29, 0.717) is 12.8 Å². The van der Waals surface area contributed by atoms with Crippen LogP contribution in [0.15, 0.2) is 18.2 Å². The van der Waals surface area contributed by atoms with E-state index in [9.17, 15) is 9.59 Å². The Morgan fingerprint density at radius 3 is 2.40 bits per heavy atom. The van der Waals surface area contributed by atoms with E-state index in [1.807, 2.05) is 12.1 Å². The van der Waals surface area contributed by atoms with Crippen molar-refractivity contribution in [2.75, 3.05) is 21.3 Å². The second-order valence-electron chi connectivity index (χ2n) is 4.73. The Hall–Kier alpha value is -2.04. The molecule has 0 aliphatic heterocycles. The van der Waals surface area contributed by atoms with Crippen molar-refractivity contribution in [3.05, 3.63) is 29.3 Å². The van der Waals surface area contributed by atoms with Gasteiger partial charge >= 0.3 is 11.9 Å². The summed E-state index contributed by atoms with van der Waals surface area (Å²) in [6.07, 6.45) is 1.27. The third-order valence-corrected chi connectivity index (χ3v) is 3.77. The molecule has 0 bridgehead atoms. The minimum Gasteiger partial charge on any atom is -0.497 e. The van der Waals surface area contributed by atoms with Crippen LogP contribution in [0, 0.1) is 5.92 Å². The lowest BCUT2D eigenvalue weighted by Crippen LogP contribution is -2.34. The smallest absolute Gasteiger partial charge is 0.314 e. The second kappa shape index (κ2) is 5.94. The van der Waals surface area contributed by atoms with Gasteiger partial charge in [0.1, 0.15) is 5.75 Å². The first-order valence-corrected chi connectivity index (χ1v) is 6.44. The van der Waals surface area contributed by atoms with Crippen molar-refractivity contribution >= 4 is 11.9 Å². The molecule has 5 heteroatoms. The summed E-state index contributed by atoms with van der Waals surface area (Å²) in [6, 6.07) is 5.51. The maximum absolute atomic E-state index is 12.1. The number of rotatable bonds is 3. The molecule has 1 aromatic rings. The van der Waals surface area contributed by atoms with Gasteiger partial charge in [-0.3, -0.25) is 9.59 Å². The van der Waals surface area contributed by atoms with E-state index in [4.69, 9.17) is 14.2 Å². The van der Waals surface area contributed by atoms with Gasteiger partial charge in [-0.2, -0.15) is 0 Å². The highest BCUT2D eigenvalue weighted by atomic mass is 16.5. The lowest BCUT2D eigenvalue weighted by Gasteiger charge is -2.30. The van der Waals surface area contributed by atoms with Gasteiger partial charge in [0.2, 0.25) is 0 Å². The monoisotopic (exact) mass is 278 g/mol. The number of carbonyl (C=O) groups excluding carboxylic acids is 2. The van der Waals surface area contributed by atoms with Gasteiger partial charge in [0.05, 0.1) is 33.2 Å². The van der Waals surface area contributed by atoms with Crippen molar-refractivity contribution in [3.63, 3.8) is 0 Å². The van der Waals surface area contributed by atoms with E-state index in [1.54, 1.807) is 13.2 Å². The van der Waals surface area contributed by atoms with E-state index >= 15 is 0 Å². The van der Waals surface area contributed by atoms with Gasteiger partial charge in [0, 0.05) is 0 Å². The fraction of sp³-hybridized carbons (Fsp3) is 0.467. The molecule has 1 aromatic carbocycles. The number of aryl methyl sites for hydroxylation is 1. The topological polar surface area (TPSA) is 61.8 Å². The van der Waals surface area contributed by atoms with Crippen LogP contribution in [0.1, 0.15) is 23.5 Å². The summed E-state index contributed by atoms with van der Waals surface area (Å²) in [7, 11) is 4.26. The molecule has 2 atom stereocenters. The van der Waals surface area contributed by atoms with Crippen molar-refractivity contribution in [2.45, 2.75) is 18.8 Å². The number of hydrogen-bond acceptors (Lipinski definition) is 5. The molecule has 0 heterocycles. The van der Waals surface area contributed by atoms with Gasteiger partial charge in [-0.25, -0.2) is 0 Å². The van der Waals surface area contributed by atoms with Gasteiger partial charge < -0.3 is 14.2 Å². The fourth-order valence-corrected chi connectivity index (χ4v) is 2.75. The summed E-state index contributed by atoms with van der Waals surface area (Å²) in [5.74, 6) is -1.15. The highest BCUT2D eigenvalue weighted by Gasteiger charge is 2.40. The van der Waals surface area contributed by atoms with Crippen LogP contribution in [-0.4, -0.2) is 33.3 Å². The van der Waals surface area contributed by atoms with E-state index in [2.05, 4.69) is 0 Å². The molecule has 1 aliphatic rings. The zero-order valence-electron chi connectivity index (χ0n) is 11.8. The molecule has 0 N–H and O–H groups in total. The maximum Gasteiger partial charge on any atom is 0.314 e. The Bertz CT molecular complexity index is 523. The highest BCUT2D eigenvalue weighted by Crippen LogP contribution is 2.39. The Kier molecular flexibility index (Phi) is 4.27. The summed E-state index contributed by atoms with van der Waals surface area (Å²) in [5.41, 5.74) is 1.83. The number of hydrogen-bond donors (Lipinski definition) is 0. The summed E-state index contributed by atoms with van der Waals surface area (Å²) in [4.78, 5) is 23.9. The van der Waals surface area contributed by atoms with Crippen molar-refractivity contribution in [3.8, 4) is 5.75 Å². The van der Waals surface area contributed by atoms with E-state index in [1.165, 1.54) is 14.2 Å². The molecule has 2 rings (SSSR count). The molecule has 0 aromatic heterocycles. The van der Waals surface area contributed by atoms with E-state index < -0.39 is 17.8 Å². The summed E-state index contributed by atoms with van der Waals surface area (Å²) in [6.45, 7) is 0. The molecule has 0 unspecified atom stereocenters. The average Bonchev–Trinajstić information content (AvgIpc) is 2.51. The SMILES string of the molecule is COC(=O)[C@@H]1CCc2cc(OC)ccc2[C@@H]1C(=O)OC. The Morgan fingerprint density at radius 1 is 1.10 bits per heavy atom. The number of methoxy groups -OCH3 is 3. The minimum absolute atomic E-state index is 0.373. The molecule has 0 saturated heterocycles. The number of esters is 2. The molecule has 0 fully saturated rings. The van der Waals surface area contributed by atoms with Crippen LogP contribution in [0.3, 0.4) is 0 Å². The standard InChI is InChI=1S/C15H18O5/c1-18-10-5-7-11-9(8-10)4-6-12(14(16)19-2)13(11)15(17)20-3/h5,7-8,12-13H,4,6H2,1-3H3/t12-,13+/m1/s1. The van der Waals surface area contributed by atoms with Crippen LogP contribution in [0.4, 0.5) is 0 Å². The summed E-state index contributed by atoms with van der Waals surface area (Å²) < 4.78 is 14.8. The van der Waals surface area contributed by atoms with Crippen molar-refractivity contribution in [1.29, 1.82) is 0 Å². The van der Waals surface area contributed by atoms with Crippen molar-refractivity contribution in [1.82, 2.24) is 0 Å². The lowest BCUT2D eigenvalue weighted by atomic mass is 9.75. The summed E-state index contributed by atoms with van der Waals surface area (Å²) in [5, 5.41) is 0. The molecule has 0 spiro atoms. The Balaban J connectivity index is 2.44. The largest absolute Gasteiger partial charge is 0.497 e. The molecule has 5 nitrogen and oxygen atoms in total. The van der Waals surface area contributed by atoms with Crippen LogP contribution in [0.2, 0.25) is 0 Å². The maximum atomic E-state index is 12.1. The minimum atomic E-state index is -0.609. The number of carbonyl (C=O) groups is 2. The molecule has 0 amide bonds. The predicted molar refractivity (Wildman–Crippen MR) is 71.6 cm³/mol. The van der Waals surface area contributed by atoms with Gasteiger partial charge in [0.25, 0.3) is 0 Å². The first-order valence-electron chi connectivity index (χ1n) is 6.44. The fourth-order valence-electron chi connectivity index (χ4n) is 2.75. The molecule has 0 saturated carbocycles. The van der Waals surface area contributed by atoms with E-state index in [-0.39, 0.29) is 5.97 Å². The predicted octanol–water partition coefficient (Wildman–Crippen LogP) is 1.69. The number of ether oxygens (including phenoxy) is 3. The lowest BCUT2D eigenvalue weighted by molar-refractivity contribution is -0.154.